The molecule has 0 aromatic heterocycles. The maximum atomic E-state index is 12.7. The van der Waals surface area contributed by atoms with Gasteiger partial charge in [0.1, 0.15) is 6.54 Å². The van der Waals surface area contributed by atoms with E-state index in [0.29, 0.717) is 5.69 Å². The number of anilines is 1. The van der Waals surface area contributed by atoms with Crippen molar-refractivity contribution in [3.63, 3.8) is 0 Å². The fourth-order valence-corrected chi connectivity index (χ4v) is 3.87. The molecular weight excluding hydrogens is 360 g/mol. The van der Waals surface area contributed by atoms with Gasteiger partial charge in [0.15, 0.2) is 0 Å². The predicted molar refractivity (Wildman–Crippen MR) is 110 cm³/mol. The second-order valence-corrected chi connectivity index (χ2v) is 8.91. The van der Waals surface area contributed by atoms with Crippen LogP contribution in [0.1, 0.15) is 41.6 Å². The highest BCUT2D eigenvalue weighted by atomic mass is 32.2. The molecule has 0 fully saturated rings. The molecule has 0 radical (unpaired) electrons. The van der Waals surface area contributed by atoms with E-state index in [9.17, 15) is 13.2 Å². The lowest BCUT2D eigenvalue weighted by Gasteiger charge is -2.25. The fourth-order valence-electron chi connectivity index (χ4n) is 2.96. The molecule has 0 aliphatic heterocycles. The van der Waals surface area contributed by atoms with Crippen LogP contribution in [0, 0.1) is 20.8 Å². The van der Waals surface area contributed by atoms with Crippen molar-refractivity contribution in [1.29, 1.82) is 0 Å². The Kier molecular flexibility index (Phi) is 6.65. The van der Waals surface area contributed by atoms with Gasteiger partial charge in [-0.25, -0.2) is 8.42 Å². The molecule has 6 heteroatoms. The van der Waals surface area contributed by atoms with Crippen LogP contribution < -0.4 is 9.62 Å². The number of hydrogen-bond acceptors (Lipinski definition) is 3. The van der Waals surface area contributed by atoms with Crippen molar-refractivity contribution in [3.05, 3.63) is 64.7 Å². The monoisotopic (exact) mass is 388 g/mol. The van der Waals surface area contributed by atoms with Crippen LogP contribution in [0.5, 0.6) is 0 Å². The molecule has 1 atom stereocenters. The Morgan fingerprint density at radius 3 is 2.19 bits per heavy atom. The standard InChI is InChI=1S/C21H28N2O3S/c1-6-19(18-11-8-15(2)9-12-18)22-21(24)14-23(27(5,25)26)20-13-16(3)7-10-17(20)4/h7-13,19H,6,14H2,1-5H3,(H,22,24)/t19-/m0/s1. The van der Waals surface area contributed by atoms with Gasteiger partial charge >= 0.3 is 0 Å². The zero-order valence-corrected chi connectivity index (χ0v) is 17.4. The summed E-state index contributed by atoms with van der Waals surface area (Å²) >= 11 is 0. The first-order valence-corrected chi connectivity index (χ1v) is 10.9. The smallest absolute Gasteiger partial charge is 0.241 e. The second kappa shape index (κ2) is 8.57. The van der Waals surface area contributed by atoms with Crippen LogP contribution in [-0.4, -0.2) is 27.1 Å². The van der Waals surface area contributed by atoms with E-state index < -0.39 is 10.0 Å². The lowest BCUT2D eigenvalue weighted by Crippen LogP contribution is -2.41. The highest BCUT2D eigenvalue weighted by molar-refractivity contribution is 7.92. The first-order chi connectivity index (χ1) is 12.6. The van der Waals surface area contributed by atoms with Gasteiger partial charge < -0.3 is 5.32 Å². The quantitative estimate of drug-likeness (QED) is 0.787. The van der Waals surface area contributed by atoms with Crippen molar-refractivity contribution in [2.24, 2.45) is 0 Å². The number of amides is 1. The molecule has 0 saturated heterocycles. The third-order valence-electron chi connectivity index (χ3n) is 4.54. The summed E-state index contributed by atoms with van der Waals surface area (Å²) in [5.74, 6) is -0.325. The Morgan fingerprint density at radius 1 is 1.04 bits per heavy atom. The third-order valence-corrected chi connectivity index (χ3v) is 5.67. The largest absolute Gasteiger partial charge is 0.348 e. The highest BCUT2D eigenvalue weighted by Gasteiger charge is 2.23. The zero-order valence-electron chi connectivity index (χ0n) is 16.6. The number of hydrogen-bond donors (Lipinski definition) is 1. The summed E-state index contributed by atoms with van der Waals surface area (Å²) in [4.78, 5) is 12.7. The number of nitrogens with one attached hydrogen (secondary N) is 1. The van der Waals surface area contributed by atoms with Crippen LogP contribution in [0.4, 0.5) is 5.69 Å². The lowest BCUT2D eigenvalue weighted by atomic mass is 10.0. The molecule has 0 saturated carbocycles. The van der Waals surface area contributed by atoms with Crippen molar-refractivity contribution in [2.45, 2.75) is 40.2 Å². The van der Waals surface area contributed by atoms with E-state index in [2.05, 4.69) is 5.32 Å². The molecule has 0 aliphatic carbocycles. The minimum absolute atomic E-state index is 0.155. The summed E-state index contributed by atoms with van der Waals surface area (Å²) in [7, 11) is -3.59. The fraction of sp³-hybridized carbons (Fsp3) is 0.381. The Hall–Kier alpha value is -2.34. The van der Waals surface area contributed by atoms with Crippen LogP contribution in [0.25, 0.3) is 0 Å². The first kappa shape index (κ1) is 21.0. The third kappa shape index (κ3) is 5.57. The van der Waals surface area contributed by atoms with Gasteiger partial charge in [0, 0.05) is 0 Å². The summed E-state index contributed by atoms with van der Waals surface area (Å²) < 4.78 is 25.9. The van der Waals surface area contributed by atoms with Gasteiger partial charge in [0.2, 0.25) is 15.9 Å². The van der Waals surface area contributed by atoms with Gasteiger partial charge in [-0.2, -0.15) is 0 Å². The minimum Gasteiger partial charge on any atom is -0.348 e. The van der Waals surface area contributed by atoms with Gasteiger partial charge in [-0.15, -0.1) is 0 Å². The summed E-state index contributed by atoms with van der Waals surface area (Å²) in [6, 6.07) is 13.4. The SMILES string of the molecule is CC[C@H](NC(=O)CN(c1cc(C)ccc1C)S(C)(=O)=O)c1ccc(C)cc1. The molecule has 0 spiro atoms. The van der Waals surface area contributed by atoms with Crippen LogP contribution in [0.15, 0.2) is 42.5 Å². The number of carbonyl (C=O) groups is 1. The number of aryl methyl sites for hydroxylation is 3. The van der Waals surface area contributed by atoms with Gasteiger partial charge in [-0.05, 0) is 49.9 Å². The maximum Gasteiger partial charge on any atom is 0.241 e. The molecule has 0 aliphatic rings. The van der Waals surface area contributed by atoms with E-state index in [0.717, 1.165) is 34.9 Å². The van der Waals surface area contributed by atoms with Crippen molar-refractivity contribution < 1.29 is 13.2 Å². The lowest BCUT2D eigenvalue weighted by molar-refractivity contribution is -0.120. The molecule has 0 bridgehead atoms. The van der Waals surface area contributed by atoms with E-state index in [-0.39, 0.29) is 18.5 Å². The molecule has 1 N–H and O–H groups in total. The Bertz CT molecular complexity index is 906. The summed E-state index contributed by atoms with van der Waals surface area (Å²) in [5, 5.41) is 2.96. The predicted octanol–water partition coefficient (Wildman–Crippen LogP) is 3.65. The molecule has 2 rings (SSSR count). The summed E-state index contributed by atoms with van der Waals surface area (Å²) in [6.07, 6.45) is 1.84. The zero-order chi connectivity index (χ0) is 20.2. The highest BCUT2D eigenvalue weighted by Crippen LogP contribution is 2.24. The maximum absolute atomic E-state index is 12.7. The van der Waals surface area contributed by atoms with E-state index >= 15 is 0 Å². The van der Waals surface area contributed by atoms with E-state index in [1.54, 1.807) is 6.07 Å². The molecule has 5 nitrogen and oxygen atoms in total. The van der Waals surface area contributed by atoms with E-state index in [1.165, 1.54) is 4.31 Å². The second-order valence-electron chi connectivity index (χ2n) is 7.00. The molecule has 146 valence electrons. The molecular formula is C21H28N2O3S. The number of benzene rings is 2. The molecule has 1 amide bonds. The number of sulfonamides is 1. The Labute approximate surface area is 162 Å². The Morgan fingerprint density at radius 2 is 1.63 bits per heavy atom. The van der Waals surface area contributed by atoms with Crippen molar-refractivity contribution in [3.8, 4) is 0 Å². The van der Waals surface area contributed by atoms with Crippen LogP contribution in [0.3, 0.4) is 0 Å². The molecule has 27 heavy (non-hydrogen) atoms. The number of rotatable bonds is 7. The topological polar surface area (TPSA) is 66.5 Å². The molecule has 0 unspecified atom stereocenters. The average molecular weight is 389 g/mol. The van der Waals surface area contributed by atoms with Crippen LogP contribution in [-0.2, 0) is 14.8 Å². The van der Waals surface area contributed by atoms with Gasteiger partial charge in [0.05, 0.1) is 18.0 Å². The summed E-state index contributed by atoms with van der Waals surface area (Å²) in [5.41, 5.74) is 4.45. The number of carbonyl (C=O) groups excluding carboxylic acids is 1. The van der Waals surface area contributed by atoms with Gasteiger partial charge in [0.25, 0.3) is 0 Å². The van der Waals surface area contributed by atoms with Crippen LogP contribution in [0.2, 0.25) is 0 Å². The van der Waals surface area contributed by atoms with E-state index in [4.69, 9.17) is 0 Å². The van der Waals surface area contributed by atoms with E-state index in [1.807, 2.05) is 64.1 Å². The first-order valence-electron chi connectivity index (χ1n) is 9.02. The van der Waals surface area contributed by atoms with Gasteiger partial charge in [-0.3, -0.25) is 9.10 Å². The minimum atomic E-state index is -3.59. The number of nitrogens with zero attached hydrogens (tertiary/aromatic N) is 1. The van der Waals surface area contributed by atoms with Crippen molar-refractivity contribution in [1.82, 2.24) is 5.32 Å². The van der Waals surface area contributed by atoms with Crippen LogP contribution >= 0.6 is 0 Å². The van der Waals surface area contributed by atoms with Crippen molar-refractivity contribution >= 4 is 21.6 Å². The Balaban J connectivity index is 2.23. The van der Waals surface area contributed by atoms with Crippen molar-refractivity contribution in [2.75, 3.05) is 17.1 Å². The van der Waals surface area contributed by atoms with Gasteiger partial charge in [-0.1, -0.05) is 48.9 Å². The molecule has 0 heterocycles. The molecule has 2 aromatic rings. The average Bonchev–Trinajstić information content (AvgIpc) is 2.60. The summed E-state index contributed by atoms with van der Waals surface area (Å²) in [6.45, 7) is 7.49. The normalized spacial score (nSPS) is 12.5. The molecule has 2 aromatic carbocycles.